The van der Waals surface area contributed by atoms with Crippen molar-refractivity contribution >= 4 is 27.3 Å². The van der Waals surface area contributed by atoms with Gasteiger partial charge >= 0.3 is 18.5 Å². The molecule has 16 heteroatoms. The van der Waals surface area contributed by atoms with E-state index in [1.165, 1.54) is 13.1 Å². The first-order valence-corrected chi connectivity index (χ1v) is 14.9. The molecule has 0 atom stereocenters. The van der Waals surface area contributed by atoms with Crippen LogP contribution in [0.1, 0.15) is 38.2 Å². The number of sulfonamides is 1. The van der Waals surface area contributed by atoms with Crippen LogP contribution in [0.4, 0.5) is 50.9 Å². The standard InChI is InChI=1S/C31H23F9N2O4S/c1-42(47(44,45)18-19-6-3-2-4-7-19)26-13-11-23(16-27(26)46-17-20-8-5-9-21(14-20)29(32,33)34)41-28(43)24-12-10-22(30(35,36)37)15-25(24)31(38,39)40/h2-16H,17-18H2,1H3,(H,41,43). The predicted molar refractivity (Wildman–Crippen MR) is 154 cm³/mol. The third-order valence-electron chi connectivity index (χ3n) is 6.71. The molecule has 0 aliphatic heterocycles. The molecular weight excluding hydrogens is 667 g/mol. The summed E-state index contributed by atoms with van der Waals surface area (Å²) in [5, 5.41) is 2.12. The van der Waals surface area contributed by atoms with Crippen LogP contribution in [0.3, 0.4) is 0 Å². The molecule has 0 fully saturated rings. The molecule has 0 bridgehead atoms. The maximum atomic E-state index is 13.7. The fourth-order valence-electron chi connectivity index (χ4n) is 4.35. The van der Waals surface area contributed by atoms with Crippen LogP contribution in [0.15, 0.2) is 91.0 Å². The van der Waals surface area contributed by atoms with Crippen molar-refractivity contribution in [1.82, 2.24) is 0 Å². The number of rotatable bonds is 9. The van der Waals surface area contributed by atoms with E-state index in [1.807, 2.05) is 0 Å². The van der Waals surface area contributed by atoms with Gasteiger partial charge < -0.3 is 10.1 Å². The molecule has 1 amide bonds. The molecule has 0 unspecified atom stereocenters. The van der Waals surface area contributed by atoms with E-state index in [9.17, 15) is 52.7 Å². The Balaban J connectivity index is 1.70. The lowest BCUT2D eigenvalue weighted by Gasteiger charge is -2.23. The SMILES string of the molecule is CN(c1ccc(NC(=O)c2ccc(C(F)(F)F)cc2C(F)(F)F)cc1OCc1cccc(C(F)(F)F)c1)S(=O)(=O)Cc1ccccc1. The maximum Gasteiger partial charge on any atom is 0.417 e. The molecule has 4 aromatic rings. The molecule has 0 aromatic heterocycles. The zero-order valence-corrected chi connectivity index (χ0v) is 24.8. The first-order chi connectivity index (χ1) is 21.8. The predicted octanol–water partition coefficient (Wildman–Crippen LogP) is 8.54. The Bertz CT molecular complexity index is 1860. The molecule has 6 nitrogen and oxygen atoms in total. The van der Waals surface area contributed by atoms with Crippen molar-refractivity contribution in [3.63, 3.8) is 0 Å². The molecule has 0 aliphatic rings. The summed E-state index contributed by atoms with van der Waals surface area (Å²) < 4.78 is 153. The Labute approximate surface area is 262 Å². The van der Waals surface area contributed by atoms with E-state index in [2.05, 4.69) is 5.32 Å². The van der Waals surface area contributed by atoms with Crippen molar-refractivity contribution in [3.05, 3.63) is 124 Å². The Morgan fingerprint density at radius 1 is 0.723 bits per heavy atom. The number of hydrogen-bond donors (Lipinski definition) is 1. The van der Waals surface area contributed by atoms with E-state index in [0.717, 1.165) is 40.7 Å². The summed E-state index contributed by atoms with van der Waals surface area (Å²) in [6.07, 6.45) is -15.1. The van der Waals surface area contributed by atoms with Gasteiger partial charge in [-0.1, -0.05) is 42.5 Å². The number of hydrogen-bond acceptors (Lipinski definition) is 4. The Morgan fingerprint density at radius 3 is 1.96 bits per heavy atom. The number of carbonyl (C=O) groups excluding carboxylic acids is 1. The van der Waals surface area contributed by atoms with Gasteiger partial charge in [0.2, 0.25) is 10.0 Å². The number of nitrogens with zero attached hydrogens (tertiary/aromatic N) is 1. The van der Waals surface area contributed by atoms with Gasteiger partial charge in [-0.15, -0.1) is 0 Å². The lowest BCUT2D eigenvalue weighted by molar-refractivity contribution is -0.143. The normalized spacial score (nSPS) is 12.5. The second-order valence-electron chi connectivity index (χ2n) is 10.1. The Kier molecular flexibility index (Phi) is 9.85. The van der Waals surface area contributed by atoms with Crippen LogP contribution in [0.5, 0.6) is 5.75 Å². The molecule has 0 saturated carbocycles. The van der Waals surface area contributed by atoms with Crippen LogP contribution >= 0.6 is 0 Å². The third-order valence-corrected chi connectivity index (χ3v) is 8.44. The van der Waals surface area contributed by atoms with Gasteiger partial charge in [0.1, 0.15) is 12.4 Å². The minimum absolute atomic E-state index is 0.0228. The molecule has 0 radical (unpaired) electrons. The zero-order valence-electron chi connectivity index (χ0n) is 24.0. The number of ether oxygens (including phenoxy) is 1. The number of amides is 1. The Morgan fingerprint density at radius 2 is 1.34 bits per heavy atom. The molecular formula is C31H23F9N2O4S. The average molecular weight is 691 g/mol. The van der Waals surface area contributed by atoms with Gasteiger partial charge in [-0.2, -0.15) is 39.5 Å². The highest BCUT2D eigenvalue weighted by atomic mass is 32.2. The summed E-state index contributed by atoms with van der Waals surface area (Å²) in [6.45, 7) is -0.530. The van der Waals surface area contributed by atoms with Gasteiger partial charge in [-0.25, -0.2) is 8.42 Å². The topological polar surface area (TPSA) is 75.7 Å². The second kappa shape index (κ2) is 13.2. The van der Waals surface area contributed by atoms with Crippen LogP contribution in [-0.2, 0) is 40.9 Å². The minimum atomic E-state index is -5.34. The lowest BCUT2D eigenvalue weighted by Crippen LogP contribution is -2.28. The number of benzene rings is 4. The largest absolute Gasteiger partial charge is 0.487 e. The molecule has 0 aliphatic carbocycles. The van der Waals surface area contributed by atoms with Crippen LogP contribution in [0.25, 0.3) is 0 Å². The number of alkyl halides is 9. The Hall–Kier alpha value is -4.73. The van der Waals surface area contributed by atoms with E-state index in [0.29, 0.717) is 17.7 Å². The first kappa shape index (κ1) is 35.1. The molecule has 1 N–H and O–H groups in total. The molecule has 0 saturated heterocycles. The van der Waals surface area contributed by atoms with Crippen molar-refractivity contribution < 1.29 is 57.5 Å². The highest BCUT2D eigenvalue weighted by Gasteiger charge is 2.39. The van der Waals surface area contributed by atoms with Crippen molar-refractivity contribution in [2.45, 2.75) is 30.9 Å². The molecule has 47 heavy (non-hydrogen) atoms. The van der Waals surface area contributed by atoms with E-state index < -0.39 is 69.1 Å². The van der Waals surface area contributed by atoms with Crippen molar-refractivity contribution in [2.75, 3.05) is 16.7 Å². The smallest absolute Gasteiger partial charge is 0.417 e. The number of anilines is 2. The summed E-state index contributed by atoms with van der Waals surface area (Å²) in [5.41, 5.74) is -5.56. The van der Waals surface area contributed by atoms with Crippen LogP contribution in [0.2, 0.25) is 0 Å². The summed E-state index contributed by atoms with van der Waals surface area (Å²) >= 11 is 0. The summed E-state index contributed by atoms with van der Waals surface area (Å²) in [4.78, 5) is 12.9. The number of carbonyl (C=O) groups is 1. The quantitative estimate of drug-likeness (QED) is 0.179. The van der Waals surface area contributed by atoms with Gasteiger partial charge in [-0.05, 0) is 53.6 Å². The van der Waals surface area contributed by atoms with Crippen LogP contribution in [0, 0.1) is 0 Å². The molecule has 0 spiro atoms. The van der Waals surface area contributed by atoms with Crippen LogP contribution in [-0.4, -0.2) is 21.4 Å². The van der Waals surface area contributed by atoms with Gasteiger partial charge in [0.05, 0.1) is 33.7 Å². The number of halogens is 9. The fourth-order valence-corrected chi connectivity index (χ4v) is 5.61. The van der Waals surface area contributed by atoms with E-state index in [-0.39, 0.29) is 28.8 Å². The second-order valence-corrected chi connectivity index (χ2v) is 12.1. The van der Waals surface area contributed by atoms with Crippen molar-refractivity contribution in [3.8, 4) is 5.75 Å². The molecule has 4 aromatic carbocycles. The highest BCUT2D eigenvalue weighted by molar-refractivity contribution is 7.92. The molecule has 4 rings (SSSR count). The van der Waals surface area contributed by atoms with Crippen molar-refractivity contribution in [1.29, 1.82) is 0 Å². The summed E-state index contributed by atoms with van der Waals surface area (Å²) in [7, 11) is -2.95. The van der Waals surface area contributed by atoms with Gasteiger partial charge in [0.15, 0.2) is 0 Å². The third kappa shape index (κ3) is 8.75. The first-order valence-electron chi connectivity index (χ1n) is 13.3. The van der Waals surface area contributed by atoms with Crippen LogP contribution < -0.4 is 14.4 Å². The van der Waals surface area contributed by atoms with E-state index >= 15 is 0 Å². The number of nitrogens with one attached hydrogen (secondary N) is 1. The summed E-state index contributed by atoms with van der Waals surface area (Å²) in [5.74, 6) is -2.22. The zero-order chi connectivity index (χ0) is 34.8. The summed E-state index contributed by atoms with van der Waals surface area (Å²) in [6, 6.07) is 15.8. The van der Waals surface area contributed by atoms with Crippen molar-refractivity contribution in [2.24, 2.45) is 0 Å². The van der Waals surface area contributed by atoms with E-state index in [4.69, 9.17) is 4.74 Å². The molecule has 250 valence electrons. The van der Waals surface area contributed by atoms with Gasteiger partial charge in [0, 0.05) is 18.8 Å². The van der Waals surface area contributed by atoms with Gasteiger partial charge in [0.25, 0.3) is 5.91 Å². The maximum absolute atomic E-state index is 13.7. The lowest BCUT2D eigenvalue weighted by atomic mass is 10.0. The monoisotopic (exact) mass is 690 g/mol. The molecule has 0 heterocycles. The highest BCUT2D eigenvalue weighted by Crippen LogP contribution is 2.39. The fraction of sp³-hybridized carbons (Fsp3) is 0.194. The average Bonchev–Trinajstić information content (AvgIpc) is 2.98. The minimum Gasteiger partial charge on any atom is -0.487 e. The van der Waals surface area contributed by atoms with E-state index in [1.54, 1.807) is 30.3 Å². The van der Waals surface area contributed by atoms with Gasteiger partial charge in [-0.3, -0.25) is 9.10 Å².